The highest BCUT2D eigenvalue weighted by Gasteiger charge is 2.20. The Hall–Kier alpha value is -3.13. The lowest BCUT2D eigenvalue weighted by atomic mass is 10.1. The minimum absolute atomic E-state index is 0.0501. The maximum absolute atomic E-state index is 12.6. The van der Waals surface area contributed by atoms with Gasteiger partial charge in [0.2, 0.25) is 0 Å². The van der Waals surface area contributed by atoms with Crippen LogP contribution in [-0.2, 0) is 0 Å². The average Bonchev–Trinajstić information content (AvgIpc) is 2.67. The monoisotopic (exact) mass is 386 g/mol. The third-order valence-corrected chi connectivity index (χ3v) is 4.50. The third-order valence-electron chi connectivity index (χ3n) is 4.50. The molecule has 150 valence electrons. The Morgan fingerprint density at radius 2 is 1.79 bits per heavy atom. The van der Waals surface area contributed by atoms with E-state index in [0.717, 1.165) is 11.3 Å². The highest BCUT2D eigenvalue weighted by molar-refractivity contribution is 5.95. The second-order valence-corrected chi connectivity index (χ2v) is 6.82. The van der Waals surface area contributed by atoms with Crippen molar-refractivity contribution >= 4 is 17.3 Å². The summed E-state index contributed by atoms with van der Waals surface area (Å²) in [5.74, 6) is 0.410. The van der Waals surface area contributed by atoms with Crippen molar-refractivity contribution in [2.45, 2.75) is 6.04 Å². The van der Waals surface area contributed by atoms with E-state index in [1.165, 1.54) is 6.07 Å². The second-order valence-electron chi connectivity index (χ2n) is 6.82. The lowest BCUT2D eigenvalue weighted by Gasteiger charge is -2.25. The normalized spacial score (nSPS) is 11.8. The van der Waals surface area contributed by atoms with Crippen molar-refractivity contribution in [2.75, 3.05) is 46.7 Å². The number of amides is 1. The van der Waals surface area contributed by atoms with Crippen LogP contribution >= 0.6 is 0 Å². The average molecular weight is 386 g/mol. The summed E-state index contributed by atoms with van der Waals surface area (Å²) in [4.78, 5) is 27.1. The van der Waals surface area contributed by atoms with Gasteiger partial charge in [-0.1, -0.05) is 12.1 Å². The number of carbonyl (C=O) groups excluding carboxylic acids is 1. The quantitative estimate of drug-likeness (QED) is 0.554. The fourth-order valence-corrected chi connectivity index (χ4v) is 2.91. The number of anilines is 1. The molecule has 2 rings (SSSR count). The van der Waals surface area contributed by atoms with Crippen LogP contribution in [0, 0.1) is 10.1 Å². The lowest BCUT2D eigenvalue weighted by molar-refractivity contribution is -0.384. The van der Waals surface area contributed by atoms with E-state index in [-0.39, 0.29) is 23.2 Å². The Balaban J connectivity index is 2.16. The fourth-order valence-electron chi connectivity index (χ4n) is 2.91. The highest BCUT2D eigenvalue weighted by atomic mass is 16.6. The Morgan fingerprint density at radius 1 is 1.14 bits per heavy atom. The molecule has 0 radical (unpaired) electrons. The van der Waals surface area contributed by atoms with E-state index in [0.29, 0.717) is 12.2 Å². The number of methoxy groups -OCH3 is 1. The first-order valence-corrected chi connectivity index (χ1v) is 8.79. The predicted octanol–water partition coefficient (Wildman–Crippen LogP) is 2.70. The van der Waals surface area contributed by atoms with Gasteiger partial charge in [-0.25, -0.2) is 0 Å². The molecule has 0 bridgehead atoms. The van der Waals surface area contributed by atoms with E-state index in [9.17, 15) is 14.9 Å². The maximum Gasteiger partial charge on any atom is 0.293 e. The number of ether oxygens (including phenoxy) is 1. The number of rotatable bonds is 8. The molecule has 0 saturated carbocycles. The van der Waals surface area contributed by atoms with Crippen molar-refractivity contribution < 1.29 is 14.5 Å². The van der Waals surface area contributed by atoms with Crippen LogP contribution in [-0.4, -0.2) is 57.6 Å². The number of nitrogens with zero attached hydrogens (tertiary/aromatic N) is 3. The van der Waals surface area contributed by atoms with Gasteiger partial charge in [0.25, 0.3) is 11.6 Å². The SMILES string of the molecule is COc1ccc(C(CNC(=O)c2ccc(N(C)C)c([N+](=O)[O-])c2)N(C)C)cc1. The minimum atomic E-state index is -0.480. The molecule has 0 aliphatic carbocycles. The van der Waals surface area contributed by atoms with Crippen LogP contribution < -0.4 is 15.0 Å². The summed E-state index contributed by atoms with van der Waals surface area (Å²) in [6.07, 6.45) is 0. The third kappa shape index (κ3) is 4.98. The van der Waals surface area contributed by atoms with E-state index in [1.807, 2.05) is 43.3 Å². The number of likely N-dealkylation sites (N-methyl/N-ethyl adjacent to an activating group) is 1. The molecule has 1 amide bonds. The number of nitro benzene ring substituents is 1. The lowest BCUT2D eigenvalue weighted by Crippen LogP contribution is -2.34. The zero-order valence-corrected chi connectivity index (χ0v) is 16.8. The van der Waals surface area contributed by atoms with Crippen molar-refractivity contribution in [2.24, 2.45) is 0 Å². The van der Waals surface area contributed by atoms with Gasteiger partial charge >= 0.3 is 0 Å². The first kappa shape index (κ1) is 21.2. The predicted molar refractivity (Wildman–Crippen MR) is 109 cm³/mol. The van der Waals surface area contributed by atoms with Gasteiger partial charge < -0.3 is 19.9 Å². The van der Waals surface area contributed by atoms with Gasteiger partial charge in [-0.3, -0.25) is 14.9 Å². The van der Waals surface area contributed by atoms with E-state index in [2.05, 4.69) is 5.32 Å². The topological polar surface area (TPSA) is 87.9 Å². The summed E-state index contributed by atoms with van der Waals surface area (Å²) < 4.78 is 5.18. The molecule has 0 saturated heterocycles. The second kappa shape index (κ2) is 9.18. The summed E-state index contributed by atoms with van der Waals surface area (Å²) >= 11 is 0. The molecular formula is C20H26N4O4. The molecule has 1 N–H and O–H groups in total. The molecule has 0 heterocycles. The van der Waals surface area contributed by atoms with E-state index < -0.39 is 4.92 Å². The molecule has 28 heavy (non-hydrogen) atoms. The Bertz CT molecular complexity index is 835. The summed E-state index contributed by atoms with van der Waals surface area (Å²) in [7, 11) is 8.91. The molecular weight excluding hydrogens is 360 g/mol. The molecule has 0 aliphatic rings. The summed E-state index contributed by atoms with van der Waals surface area (Å²) in [6.45, 7) is 0.362. The standard InChI is InChI=1S/C20H26N4O4/c1-22(2)17-11-8-15(12-18(17)24(26)27)20(25)21-13-19(23(3)4)14-6-9-16(28-5)10-7-14/h6-12,19H,13H2,1-5H3,(H,21,25). The van der Waals surface area contributed by atoms with Crippen LogP contribution in [0.1, 0.15) is 22.0 Å². The number of hydrogen-bond acceptors (Lipinski definition) is 6. The number of nitrogens with one attached hydrogen (secondary N) is 1. The van der Waals surface area contributed by atoms with Crippen LogP contribution in [0.25, 0.3) is 0 Å². The fraction of sp³-hybridized carbons (Fsp3) is 0.350. The Morgan fingerprint density at radius 3 is 2.29 bits per heavy atom. The molecule has 0 fully saturated rings. The Kier molecular flexibility index (Phi) is 6.94. The van der Waals surface area contributed by atoms with Gasteiger partial charge in [-0.05, 0) is 43.9 Å². The zero-order chi connectivity index (χ0) is 20.8. The summed E-state index contributed by atoms with van der Waals surface area (Å²) in [5, 5.41) is 14.2. The molecule has 8 nitrogen and oxygen atoms in total. The summed E-state index contributed by atoms with van der Waals surface area (Å²) in [6, 6.07) is 12.1. The smallest absolute Gasteiger partial charge is 0.293 e. The van der Waals surface area contributed by atoms with Crippen LogP contribution in [0.4, 0.5) is 11.4 Å². The molecule has 0 spiro atoms. The van der Waals surface area contributed by atoms with Gasteiger partial charge in [0.05, 0.1) is 18.1 Å². The van der Waals surface area contributed by atoms with E-state index >= 15 is 0 Å². The number of carbonyl (C=O) groups is 1. The van der Waals surface area contributed by atoms with Crippen molar-refractivity contribution in [3.63, 3.8) is 0 Å². The molecule has 0 aromatic heterocycles. The molecule has 0 aliphatic heterocycles. The minimum Gasteiger partial charge on any atom is -0.497 e. The maximum atomic E-state index is 12.6. The number of nitro groups is 1. The van der Waals surface area contributed by atoms with Crippen molar-refractivity contribution in [3.05, 3.63) is 63.7 Å². The van der Waals surface area contributed by atoms with Crippen molar-refractivity contribution in [1.82, 2.24) is 10.2 Å². The highest BCUT2D eigenvalue weighted by Crippen LogP contribution is 2.28. The summed E-state index contributed by atoms with van der Waals surface area (Å²) in [5.41, 5.74) is 1.63. The van der Waals surface area contributed by atoms with Crippen LogP contribution in [0.5, 0.6) is 5.75 Å². The van der Waals surface area contributed by atoms with E-state index in [4.69, 9.17) is 4.74 Å². The Labute approximate surface area is 164 Å². The molecule has 1 atom stereocenters. The largest absolute Gasteiger partial charge is 0.497 e. The molecule has 8 heteroatoms. The van der Waals surface area contributed by atoms with Crippen LogP contribution in [0.15, 0.2) is 42.5 Å². The van der Waals surface area contributed by atoms with Crippen molar-refractivity contribution in [1.29, 1.82) is 0 Å². The van der Waals surface area contributed by atoms with Gasteiger partial charge in [0.1, 0.15) is 11.4 Å². The first-order chi connectivity index (χ1) is 13.2. The van der Waals surface area contributed by atoms with Gasteiger partial charge in [-0.2, -0.15) is 0 Å². The van der Waals surface area contributed by atoms with Gasteiger partial charge in [0.15, 0.2) is 0 Å². The van der Waals surface area contributed by atoms with Crippen LogP contribution in [0.3, 0.4) is 0 Å². The zero-order valence-electron chi connectivity index (χ0n) is 16.8. The van der Waals surface area contributed by atoms with Gasteiger partial charge in [-0.15, -0.1) is 0 Å². The van der Waals surface area contributed by atoms with Crippen LogP contribution in [0.2, 0.25) is 0 Å². The van der Waals surface area contributed by atoms with E-state index in [1.54, 1.807) is 38.2 Å². The van der Waals surface area contributed by atoms with Gasteiger partial charge in [0, 0.05) is 32.3 Å². The first-order valence-electron chi connectivity index (χ1n) is 8.79. The van der Waals surface area contributed by atoms with Crippen molar-refractivity contribution in [3.8, 4) is 5.75 Å². The molecule has 2 aromatic carbocycles. The number of benzene rings is 2. The molecule has 1 unspecified atom stereocenters. The number of hydrogen-bond donors (Lipinski definition) is 1. The molecule has 2 aromatic rings.